The van der Waals surface area contributed by atoms with E-state index in [-0.39, 0.29) is 17.9 Å². The first kappa shape index (κ1) is 12.4. The number of hydrogen-bond donors (Lipinski definition) is 1. The molecule has 4 heteroatoms. The van der Waals surface area contributed by atoms with E-state index in [2.05, 4.69) is 5.32 Å². The van der Waals surface area contributed by atoms with Gasteiger partial charge in [-0.25, -0.2) is 0 Å². The van der Waals surface area contributed by atoms with Gasteiger partial charge in [0.1, 0.15) is 11.4 Å². The molecule has 17 heavy (non-hydrogen) atoms. The lowest BCUT2D eigenvalue weighted by Crippen LogP contribution is -2.25. The molecule has 1 aromatic rings. The molecule has 1 aromatic carbocycles. The molecule has 0 saturated heterocycles. The van der Waals surface area contributed by atoms with Gasteiger partial charge in [-0.05, 0) is 33.0 Å². The molecular formula is C13H16ClNO2. The highest BCUT2D eigenvalue weighted by atomic mass is 35.5. The first-order valence-corrected chi connectivity index (χ1v) is 6.00. The molecule has 1 aliphatic rings. The van der Waals surface area contributed by atoms with Gasteiger partial charge < -0.3 is 10.1 Å². The Kier molecular flexibility index (Phi) is 3.15. The van der Waals surface area contributed by atoms with E-state index in [1.165, 1.54) is 0 Å². The summed E-state index contributed by atoms with van der Waals surface area (Å²) in [6.07, 6.45) is 0.780. The average Bonchev–Trinajstić information content (AvgIpc) is 2.51. The summed E-state index contributed by atoms with van der Waals surface area (Å²) in [6, 6.07) is 3.56. The van der Waals surface area contributed by atoms with E-state index < -0.39 is 0 Å². The number of ether oxygens (including phenoxy) is 1. The third kappa shape index (κ3) is 2.45. The van der Waals surface area contributed by atoms with E-state index in [9.17, 15) is 4.79 Å². The van der Waals surface area contributed by atoms with E-state index >= 15 is 0 Å². The molecular weight excluding hydrogens is 238 g/mol. The molecule has 3 nitrogen and oxygen atoms in total. The molecule has 0 spiro atoms. The number of ketones is 1. The van der Waals surface area contributed by atoms with Crippen molar-refractivity contribution in [1.82, 2.24) is 5.32 Å². The molecule has 1 aliphatic heterocycles. The smallest absolute Gasteiger partial charge is 0.180 e. The highest BCUT2D eigenvalue weighted by molar-refractivity contribution is 6.31. The van der Waals surface area contributed by atoms with Gasteiger partial charge in [0.15, 0.2) is 5.78 Å². The molecule has 0 saturated carbocycles. The molecule has 1 N–H and O–H groups in total. The van der Waals surface area contributed by atoms with E-state index in [0.29, 0.717) is 16.3 Å². The molecule has 1 heterocycles. The lowest BCUT2D eigenvalue weighted by atomic mass is 9.99. The Labute approximate surface area is 106 Å². The minimum absolute atomic E-state index is 0.00366. The molecule has 92 valence electrons. The summed E-state index contributed by atoms with van der Waals surface area (Å²) in [4.78, 5) is 12.0. The van der Waals surface area contributed by atoms with Gasteiger partial charge in [-0.3, -0.25) is 4.79 Å². The maximum absolute atomic E-state index is 12.0. The van der Waals surface area contributed by atoms with Crippen LogP contribution in [0.4, 0.5) is 0 Å². The monoisotopic (exact) mass is 253 g/mol. The predicted molar refractivity (Wildman–Crippen MR) is 68.1 cm³/mol. The minimum Gasteiger partial charge on any atom is -0.486 e. The van der Waals surface area contributed by atoms with Crippen LogP contribution in [0.15, 0.2) is 12.1 Å². The summed E-state index contributed by atoms with van der Waals surface area (Å²) in [7, 11) is 1.74. The number of carbonyl (C=O) groups excluding carboxylic acids is 1. The highest BCUT2D eigenvalue weighted by Gasteiger charge is 2.33. The number of Topliss-reactive ketones (excluding diaryl/α,β-unsaturated/α-hetero) is 1. The van der Waals surface area contributed by atoms with Crippen LogP contribution < -0.4 is 10.1 Å². The summed E-state index contributed by atoms with van der Waals surface area (Å²) in [5, 5.41) is 3.44. The van der Waals surface area contributed by atoms with Crippen LogP contribution in [0.5, 0.6) is 5.75 Å². The third-order valence-corrected chi connectivity index (χ3v) is 2.98. The van der Waals surface area contributed by atoms with Crippen LogP contribution in [0.25, 0.3) is 0 Å². The fourth-order valence-electron chi connectivity index (χ4n) is 2.14. The maximum Gasteiger partial charge on any atom is 0.180 e. The Morgan fingerprint density at radius 1 is 1.53 bits per heavy atom. The zero-order valence-electron chi connectivity index (χ0n) is 10.3. The number of fused-ring (bicyclic) bond motifs is 1. The SMILES string of the molecule is CNCC(=O)c1cc(Cl)cc2c1OC(C)(C)C2. The number of rotatable bonds is 3. The molecule has 2 rings (SSSR count). The first-order chi connectivity index (χ1) is 7.93. The van der Waals surface area contributed by atoms with Crippen molar-refractivity contribution >= 4 is 17.4 Å². The fraction of sp³-hybridized carbons (Fsp3) is 0.462. The number of benzene rings is 1. The maximum atomic E-state index is 12.0. The van der Waals surface area contributed by atoms with Crippen molar-refractivity contribution in [1.29, 1.82) is 0 Å². The molecule has 0 unspecified atom stereocenters. The van der Waals surface area contributed by atoms with Crippen LogP contribution in [0.2, 0.25) is 5.02 Å². The van der Waals surface area contributed by atoms with Gasteiger partial charge in [-0.2, -0.15) is 0 Å². The van der Waals surface area contributed by atoms with E-state index in [0.717, 1.165) is 12.0 Å². The minimum atomic E-state index is -0.262. The highest BCUT2D eigenvalue weighted by Crippen LogP contribution is 2.39. The van der Waals surface area contributed by atoms with Crippen LogP contribution >= 0.6 is 11.6 Å². The van der Waals surface area contributed by atoms with Crippen LogP contribution in [0.1, 0.15) is 29.8 Å². The van der Waals surface area contributed by atoms with Gasteiger partial charge >= 0.3 is 0 Å². The number of nitrogens with one attached hydrogen (secondary N) is 1. The quantitative estimate of drug-likeness (QED) is 0.841. The number of halogens is 1. The summed E-state index contributed by atoms with van der Waals surface area (Å²) in [5.41, 5.74) is 1.33. The van der Waals surface area contributed by atoms with Gasteiger partial charge in [0.25, 0.3) is 0 Å². The summed E-state index contributed by atoms with van der Waals surface area (Å²) in [6.45, 7) is 4.30. The van der Waals surface area contributed by atoms with Gasteiger partial charge in [0, 0.05) is 17.0 Å². The Morgan fingerprint density at radius 3 is 2.88 bits per heavy atom. The van der Waals surface area contributed by atoms with Crippen molar-refractivity contribution in [3.8, 4) is 5.75 Å². The zero-order chi connectivity index (χ0) is 12.6. The third-order valence-electron chi connectivity index (χ3n) is 2.76. The van der Waals surface area contributed by atoms with Crippen molar-refractivity contribution < 1.29 is 9.53 Å². The van der Waals surface area contributed by atoms with E-state index in [4.69, 9.17) is 16.3 Å². The first-order valence-electron chi connectivity index (χ1n) is 5.62. The van der Waals surface area contributed by atoms with Gasteiger partial charge in [0.2, 0.25) is 0 Å². The topological polar surface area (TPSA) is 38.3 Å². The molecule has 0 fully saturated rings. The standard InChI is InChI=1S/C13H16ClNO2/c1-13(2)6-8-4-9(14)5-10(12(8)17-13)11(16)7-15-3/h4-5,15H,6-7H2,1-3H3. The number of hydrogen-bond acceptors (Lipinski definition) is 3. The molecule has 0 radical (unpaired) electrons. The summed E-state index contributed by atoms with van der Waals surface area (Å²) >= 11 is 6.04. The average molecular weight is 254 g/mol. The van der Waals surface area contributed by atoms with Crippen molar-refractivity contribution in [2.75, 3.05) is 13.6 Å². The fourth-order valence-corrected chi connectivity index (χ4v) is 2.38. The van der Waals surface area contributed by atoms with Gasteiger partial charge in [-0.15, -0.1) is 0 Å². The molecule has 0 aromatic heterocycles. The van der Waals surface area contributed by atoms with Crippen molar-refractivity contribution in [3.05, 3.63) is 28.3 Å². The Hall–Kier alpha value is -1.06. The number of carbonyl (C=O) groups is 1. The predicted octanol–water partition coefficient (Wildman–Crippen LogP) is 2.46. The van der Waals surface area contributed by atoms with Crippen LogP contribution in [0.3, 0.4) is 0 Å². The van der Waals surface area contributed by atoms with Crippen molar-refractivity contribution in [2.45, 2.75) is 25.9 Å². The second-order valence-electron chi connectivity index (χ2n) is 4.93. The Balaban J connectivity index is 2.45. The Morgan fingerprint density at radius 2 is 2.24 bits per heavy atom. The van der Waals surface area contributed by atoms with Gasteiger partial charge in [0.05, 0.1) is 12.1 Å². The van der Waals surface area contributed by atoms with Gasteiger partial charge in [-0.1, -0.05) is 11.6 Å². The molecule has 0 aliphatic carbocycles. The lowest BCUT2D eigenvalue weighted by molar-refractivity contribution is 0.0979. The summed E-state index contributed by atoms with van der Waals surface area (Å²) < 4.78 is 5.84. The van der Waals surface area contributed by atoms with Crippen molar-refractivity contribution in [2.24, 2.45) is 0 Å². The second kappa shape index (κ2) is 4.31. The van der Waals surface area contributed by atoms with E-state index in [1.54, 1.807) is 13.1 Å². The molecule has 0 atom stereocenters. The van der Waals surface area contributed by atoms with Crippen molar-refractivity contribution in [3.63, 3.8) is 0 Å². The normalized spacial score (nSPS) is 16.5. The molecule has 0 amide bonds. The zero-order valence-corrected chi connectivity index (χ0v) is 11.0. The van der Waals surface area contributed by atoms with Crippen LogP contribution in [-0.2, 0) is 6.42 Å². The largest absolute Gasteiger partial charge is 0.486 e. The summed E-state index contributed by atoms with van der Waals surface area (Å²) in [5.74, 6) is 0.698. The Bertz CT molecular complexity index is 469. The lowest BCUT2D eigenvalue weighted by Gasteiger charge is -2.18. The van der Waals surface area contributed by atoms with Crippen LogP contribution in [0, 0.1) is 0 Å². The second-order valence-corrected chi connectivity index (χ2v) is 5.37. The van der Waals surface area contributed by atoms with Crippen LogP contribution in [-0.4, -0.2) is 25.0 Å². The van der Waals surface area contributed by atoms with E-state index in [1.807, 2.05) is 19.9 Å². The number of likely N-dealkylation sites (N-methyl/N-ethyl adjacent to an activating group) is 1. The molecule has 0 bridgehead atoms.